The lowest BCUT2D eigenvalue weighted by molar-refractivity contribution is -0.525. The number of nitrogens with zero attached hydrogens (tertiary/aromatic N) is 2. The zero-order valence-electron chi connectivity index (χ0n) is 18.2. The Hall–Kier alpha value is -1.29. The smallest absolute Gasteiger partial charge is 0.316 e. The van der Waals surface area contributed by atoms with Crippen LogP contribution in [0.4, 0.5) is 0 Å². The third-order valence-electron chi connectivity index (χ3n) is 5.12. The quantitative estimate of drug-likeness (QED) is 0.134. The average molecular weight is 448 g/mol. The third-order valence-corrected chi connectivity index (χ3v) is 5.93. The molecule has 1 aliphatic rings. The van der Waals surface area contributed by atoms with Crippen LogP contribution in [-0.4, -0.2) is 88.9 Å². The fourth-order valence-electron chi connectivity index (χ4n) is 3.68. The maximum Gasteiger partial charge on any atom is 0.316 e. The fourth-order valence-corrected chi connectivity index (χ4v) is 4.27. The van der Waals surface area contributed by atoms with Gasteiger partial charge in [-0.05, 0) is 19.3 Å². The van der Waals surface area contributed by atoms with Gasteiger partial charge < -0.3 is 10.2 Å². The van der Waals surface area contributed by atoms with E-state index < -0.39 is 22.0 Å². The Morgan fingerprint density at radius 2 is 1.83 bits per heavy atom. The molecule has 1 rings (SSSR count). The van der Waals surface area contributed by atoms with Crippen molar-refractivity contribution < 1.29 is 32.6 Å². The van der Waals surface area contributed by atoms with Crippen molar-refractivity contribution in [2.24, 2.45) is 0 Å². The molecule has 8 nitrogen and oxygen atoms in total. The summed E-state index contributed by atoms with van der Waals surface area (Å²) in [5.74, 6) is -0.460. The Labute approximate surface area is 181 Å². The summed E-state index contributed by atoms with van der Waals surface area (Å²) in [5, 5.41) is 19.2. The van der Waals surface area contributed by atoms with Crippen molar-refractivity contribution in [2.45, 2.75) is 70.8 Å². The molecule has 0 aliphatic carbocycles. The van der Waals surface area contributed by atoms with Crippen LogP contribution in [0.1, 0.15) is 64.7 Å². The fraction of sp³-hybridized carbons (Fsp3) is 0.810. The van der Waals surface area contributed by atoms with Gasteiger partial charge in [0, 0.05) is 6.42 Å². The molecule has 1 heterocycles. The molecule has 0 aromatic rings. The molecule has 0 aromatic heterocycles. The Kier molecular flexibility index (Phi) is 13.1. The number of hydrogen-bond acceptors (Lipinski definition) is 6. The van der Waals surface area contributed by atoms with Crippen molar-refractivity contribution in [3.8, 4) is 0 Å². The minimum Gasteiger partial charge on any atom is -0.392 e. The van der Waals surface area contributed by atoms with Crippen LogP contribution in [0.2, 0.25) is 0 Å². The van der Waals surface area contributed by atoms with Gasteiger partial charge in [-0.1, -0.05) is 51.2 Å². The maximum atomic E-state index is 12.8. The first-order valence-electron chi connectivity index (χ1n) is 11.1. The van der Waals surface area contributed by atoms with Crippen molar-refractivity contribution in [2.75, 3.05) is 38.5 Å². The van der Waals surface area contributed by atoms with Crippen LogP contribution < -0.4 is 0 Å². The second-order valence-electron chi connectivity index (χ2n) is 7.87. The molecule has 1 atom stereocenters. The number of unbranched alkanes of at least 4 members (excludes halogenated alkanes) is 6. The van der Waals surface area contributed by atoms with Crippen LogP contribution in [0.3, 0.4) is 0 Å². The van der Waals surface area contributed by atoms with E-state index in [9.17, 15) is 23.4 Å². The molecule has 9 heteroatoms. The van der Waals surface area contributed by atoms with E-state index in [0.717, 1.165) is 12.8 Å². The largest absolute Gasteiger partial charge is 0.392 e. The molecule has 0 amide bonds. The average Bonchev–Trinajstić information content (AvgIpc) is 3.04. The first-order chi connectivity index (χ1) is 14.3. The van der Waals surface area contributed by atoms with E-state index in [1.807, 2.05) is 6.08 Å². The van der Waals surface area contributed by atoms with Gasteiger partial charge in [0.2, 0.25) is 5.78 Å². The highest BCUT2D eigenvalue weighted by molar-refractivity contribution is 7.85. The summed E-state index contributed by atoms with van der Waals surface area (Å²) in [7, 11) is -4.29. The Balaban J connectivity index is 2.53. The van der Waals surface area contributed by atoms with E-state index in [1.165, 1.54) is 32.1 Å². The number of amidine groups is 1. The molecule has 0 bridgehead atoms. The van der Waals surface area contributed by atoms with Crippen LogP contribution >= 0.6 is 0 Å². The molecule has 0 spiro atoms. The second-order valence-corrected chi connectivity index (χ2v) is 9.37. The number of aliphatic hydroxyl groups is 2. The molecule has 1 aliphatic heterocycles. The molecule has 0 saturated carbocycles. The number of Topliss-reactive ketones (excluding diaryl/α,β-unsaturated/α-hetero) is 1. The summed E-state index contributed by atoms with van der Waals surface area (Å²) >= 11 is 0. The maximum absolute atomic E-state index is 12.8. The van der Waals surface area contributed by atoms with E-state index in [0.29, 0.717) is 38.3 Å². The first-order valence-corrected chi connectivity index (χ1v) is 12.7. The topological polar surface area (TPSA) is 118 Å². The number of carbonyl (C=O) groups excluding carboxylic acids is 1. The number of hydrogen-bond donors (Lipinski definition) is 3. The highest BCUT2D eigenvalue weighted by Crippen LogP contribution is 2.10. The minimum absolute atomic E-state index is 0.0589. The summed E-state index contributed by atoms with van der Waals surface area (Å²) in [6.45, 7) is 3.33. The lowest BCUT2D eigenvalue weighted by atomic mass is 10.1. The number of carbonyl (C=O) groups is 1. The number of ketones is 1. The van der Waals surface area contributed by atoms with Gasteiger partial charge in [-0.25, -0.2) is 0 Å². The molecule has 174 valence electrons. The Morgan fingerprint density at radius 3 is 2.50 bits per heavy atom. The van der Waals surface area contributed by atoms with Gasteiger partial charge in [-0.15, -0.1) is 0 Å². The van der Waals surface area contributed by atoms with Gasteiger partial charge in [0.1, 0.15) is 38.0 Å². The van der Waals surface area contributed by atoms with Crippen LogP contribution in [0, 0.1) is 0 Å². The number of β-amino-alcohol motifs (C(OH)–C–C–N with tert-alkyl or cyclic N) is 2. The number of rotatable bonds is 17. The van der Waals surface area contributed by atoms with Crippen molar-refractivity contribution in [1.82, 2.24) is 4.90 Å². The lowest BCUT2D eigenvalue weighted by Gasteiger charge is -2.12. The summed E-state index contributed by atoms with van der Waals surface area (Å²) < 4.78 is 32.5. The predicted molar refractivity (Wildman–Crippen MR) is 117 cm³/mol. The van der Waals surface area contributed by atoms with E-state index in [-0.39, 0.29) is 18.9 Å². The van der Waals surface area contributed by atoms with E-state index in [4.69, 9.17) is 4.55 Å². The molecule has 0 radical (unpaired) electrons. The number of aliphatic hydroxyl groups excluding tert-OH is 2. The van der Waals surface area contributed by atoms with Crippen molar-refractivity contribution in [3.05, 3.63) is 12.2 Å². The van der Waals surface area contributed by atoms with Crippen LogP contribution in [-0.2, 0) is 14.9 Å². The third kappa shape index (κ3) is 11.2. The first kappa shape index (κ1) is 26.7. The molecular formula is C21H39N2O6S+. The second kappa shape index (κ2) is 14.7. The van der Waals surface area contributed by atoms with Gasteiger partial charge >= 0.3 is 5.84 Å². The van der Waals surface area contributed by atoms with Crippen LogP contribution in [0.15, 0.2) is 12.2 Å². The molecule has 30 heavy (non-hydrogen) atoms. The Morgan fingerprint density at radius 1 is 1.17 bits per heavy atom. The van der Waals surface area contributed by atoms with Gasteiger partial charge in [0.15, 0.2) is 0 Å². The van der Waals surface area contributed by atoms with Crippen molar-refractivity contribution in [3.63, 3.8) is 0 Å². The summed E-state index contributed by atoms with van der Waals surface area (Å²) in [6, 6.07) is 0. The zero-order valence-corrected chi connectivity index (χ0v) is 19.0. The molecule has 1 unspecified atom stereocenters. The monoisotopic (exact) mass is 447 g/mol. The van der Waals surface area contributed by atoms with E-state index >= 15 is 0 Å². The van der Waals surface area contributed by atoms with Gasteiger partial charge in [-0.3, -0.25) is 18.8 Å². The predicted octanol–water partition coefficient (Wildman–Crippen LogP) is 1.61. The summed E-state index contributed by atoms with van der Waals surface area (Å²) in [6.07, 6.45) is 12.3. The molecule has 0 saturated heterocycles. The van der Waals surface area contributed by atoms with Crippen molar-refractivity contribution in [1.29, 1.82) is 0 Å². The molecular weight excluding hydrogens is 408 g/mol. The van der Waals surface area contributed by atoms with Gasteiger partial charge in [0.05, 0.1) is 6.61 Å². The Bertz CT molecular complexity index is 675. The standard InChI is InChI=1S/C21H38N2O6S/c1-2-3-4-5-6-7-8-9-10-11-12-20(26)21-22(15-16-24)13-14-23(21)17-19(25)18-30(27,28)29/h9-10,19,24-25H,2-8,11-18H2,1H3/p+1/b10-9+. The molecule has 0 fully saturated rings. The molecule has 0 aromatic carbocycles. The van der Waals surface area contributed by atoms with Crippen molar-refractivity contribution >= 4 is 21.7 Å². The minimum atomic E-state index is -4.29. The summed E-state index contributed by atoms with van der Waals surface area (Å²) in [4.78, 5) is 14.5. The van der Waals surface area contributed by atoms with E-state index in [2.05, 4.69) is 13.0 Å². The SMILES string of the molecule is CCCCCCCC/C=C/CCC(=O)C1=[N+](CC(O)CS(=O)(=O)O)CCN1CCO. The summed E-state index contributed by atoms with van der Waals surface area (Å²) in [5.41, 5.74) is 0. The van der Waals surface area contributed by atoms with Gasteiger partial charge in [-0.2, -0.15) is 8.42 Å². The normalized spacial score (nSPS) is 16.1. The zero-order chi connectivity index (χ0) is 22.4. The molecule has 3 N–H and O–H groups in total. The van der Waals surface area contributed by atoms with Crippen LogP contribution in [0.5, 0.6) is 0 Å². The van der Waals surface area contributed by atoms with E-state index in [1.54, 1.807) is 9.48 Å². The highest BCUT2D eigenvalue weighted by atomic mass is 32.2. The van der Waals surface area contributed by atoms with Gasteiger partial charge in [0.25, 0.3) is 10.1 Å². The number of allylic oxidation sites excluding steroid dienone is 2. The van der Waals surface area contributed by atoms with Crippen LogP contribution in [0.25, 0.3) is 0 Å². The highest BCUT2D eigenvalue weighted by Gasteiger charge is 2.36. The lowest BCUT2D eigenvalue weighted by Crippen LogP contribution is -2.40.